The van der Waals surface area contributed by atoms with Gasteiger partial charge in [0.15, 0.2) is 5.97 Å². The molecular weight excluding hydrogens is 372 g/mol. The molecule has 0 spiro atoms. The first kappa shape index (κ1) is 22.1. The molecule has 0 saturated heterocycles. The minimum absolute atomic E-state index is 0.264. The molecule has 1 heterocycles. The Morgan fingerprint density at radius 2 is 1.53 bits per heavy atom. The number of carbonyl (C=O) groups is 1. The molecule has 0 radical (unpaired) electrons. The first-order valence-corrected chi connectivity index (χ1v) is 11.2. The van der Waals surface area contributed by atoms with Crippen molar-refractivity contribution in [3.63, 3.8) is 0 Å². The van der Waals surface area contributed by atoms with E-state index in [1.54, 1.807) is 0 Å². The molecule has 3 rings (SSSR count). The van der Waals surface area contributed by atoms with Crippen LogP contribution in [-0.4, -0.2) is 29.5 Å². The molecule has 160 valence electrons. The smallest absolute Gasteiger partial charge is 0.305 e. The number of carboxylic acids is 1. The predicted molar refractivity (Wildman–Crippen MR) is 122 cm³/mol. The molecule has 4 nitrogen and oxygen atoms in total. The molecule has 0 amide bonds. The molecule has 0 aliphatic carbocycles. The van der Waals surface area contributed by atoms with E-state index in [1.165, 1.54) is 22.3 Å². The number of anilines is 1. The minimum Gasteiger partial charge on any atom is -0.538 e. The van der Waals surface area contributed by atoms with Crippen LogP contribution in [0.25, 0.3) is 0 Å². The fourth-order valence-electron chi connectivity index (χ4n) is 4.60. The number of carboxylic acid groups (broad SMARTS) is 1. The molecule has 0 aromatic heterocycles. The average molecular weight is 407 g/mol. The minimum atomic E-state index is -1.12. The summed E-state index contributed by atoms with van der Waals surface area (Å²) in [5.41, 5.74) is 6.79. The van der Waals surface area contributed by atoms with Gasteiger partial charge in [-0.15, -0.1) is 0 Å². The number of aliphatic carboxylic acids is 1. The zero-order chi connectivity index (χ0) is 22.0. The second kappa shape index (κ2) is 9.03. The summed E-state index contributed by atoms with van der Waals surface area (Å²) in [6, 6.07) is 12.6. The Balaban J connectivity index is 2.30. The Morgan fingerprint density at radius 1 is 0.967 bits per heavy atom. The van der Waals surface area contributed by atoms with Gasteiger partial charge in [-0.3, -0.25) is 0 Å². The van der Waals surface area contributed by atoms with Crippen molar-refractivity contribution in [2.45, 2.75) is 66.2 Å². The van der Waals surface area contributed by atoms with Gasteiger partial charge in [0.25, 0.3) is 0 Å². The van der Waals surface area contributed by atoms with Crippen LogP contribution in [-0.2, 0) is 17.6 Å². The highest BCUT2D eigenvalue weighted by Gasteiger charge is 2.38. The van der Waals surface area contributed by atoms with Gasteiger partial charge in [0.05, 0.1) is 0 Å². The molecule has 0 fully saturated rings. The molecule has 30 heavy (non-hydrogen) atoms. The maximum Gasteiger partial charge on any atom is 0.305 e. The van der Waals surface area contributed by atoms with E-state index in [2.05, 4.69) is 77.9 Å². The highest BCUT2D eigenvalue weighted by molar-refractivity contribution is 6.37. The van der Waals surface area contributed by atoms with E-state index in [4.69, 9.17) is 0 Å². The molecule has 2 aromatic rings. The Hall–Kier alpha value is -2.62. The lowest BCUT2D eigenvalue weighted by atomic mass is 9.95. The van der Waals surface area contributed by atoms with Crippen molar-refractivity contribution in [3.8, 4) is 0 Å². The summed E-state index contributed by atoms with van der Waals surface area (Å²) in [7, 11) is 0. The highest BCUT2D eigenvalue weighted by Crippen LogP contribution is 2.36. The molecule has 1 aliphatic rings. The first-order chi connectivity index (χ1) is 14.3. The summed E-state index contributed by atoms with van der Waals surface area (Å²) < 4.78 is 1.99. The summed E-state index contributed by atoms with van der Waals surface area (Å²) in [5.74, 6) is -0.246. The maximum atomic E-state index is 12.5. The fraction of sp³-hybridized carbons (Fsp3) is 0.462. The maximum absolute atomic E-state index is 12.5. The number of para-hydroxylation sites is 2. The molecule has 4 heteroatoms. The van der Waals surface area contributed by atoms with E-state index in [-0.39, 0.29) is 5.84 Å². The van der Waals surface area contributed by atoms with E-state index in [9.17, 15) is 9.90 Å². The van der Waals surface area contributed by atoms with E-state index < -0.39 is 5.97 Å². The van der Waals surface area contributed by atoms with Crippen molar-refractivity contribution < 1.29 is 14.5 Å². The van der Waals surface area contributed by atoms with Crippen LogP contribution >= 0.6 is 0 Å². The second-order valence-corrected chi connectivity index (χ2v) is 8.64. The largest absolute Gasteiger partial charge is 0.538 e. The third-order valence-electron chi connectivity index (χ3n) is 6.09. The van der Waals surface area contributed by atoms with E-state index in [0.717, 1.165) is 24.2 Å². The van der Waals surface area contributed by atoms with Gasteiger partial charge in [0.1, 0.15) is 24.5 Å². The van der Waals surface area contributed by atoms with Crippen LogP contribution < -0.4 is 10.0 Å². The van der Waals surface area contributed by atoms with Crippen molar-refractivity contribution in [1.82, 2.24) is 0 Å². The van der Waals surface area contributed by atoms with Crippen LogP contribution in [0.15, 0.2) is 36.4 Å². The third-order valence-corrected chi connectivity index (χ3v) is 6.09. The lowest BCUT2D eigenvalue weighted by molar-refractivity contribution is -0.433. The van der Waals surface area contributed by atoms with Gasteiger partial charge < -0.3 is 9.90 Å². The van der Waals surface area contributed by atoms with Gasteiger partial charge in [-0.1, -0.05) is 77.9 Å². The van der Waals surface area contributed by atoms with Gasteiger partial charge in [-0.25, -0.2) is 9.48 Å². The normalized spacial score (nSPS) is 14.3. The van der Waals surface area contributed by atoms with Gasteiger partial charge >= 0.3 is 5.84 Å². The van der Waals surface area contributed by atoms with Crippen LogP contribution in [0.5, 0.6) is 0 Å². The SMILES string of the molecule is CCc1cccc(C(C)C)c1N1CC[N+](c2c(CC)cccc2C(C)C)=C1C(=O)[O-]. The summed E-state index contributed by atoms with van der Waals surface area (Å²) >= 11 is 0. The molecule has 0 bridgehead atoms. The number of hydrogen-bond acceptors (Lipinski definition) is 3. The summed E-state index contributed by atoms with van der Waals surface area (Å²) in [5, 5.41) is 12.5. The van der Waals surface area contributed by atoms with Crippen molar-refractivity contribution in [1.29, 1.82) is 0 Å². The third kappa shape index (κ3) is 3.88. The Morgan fingerprint density at radius 3 is 2.07 bits per heavy atom. The zero-order valence-electron chi connectivity index (χ0n) is 19.2. The number of benzene rings is 2. The second-order valence-electron chi connectivity index (χ2n) is 8.64. The highest BCUT2D eigenvalue weighted by atomic mass is 16.4. The van der Waals surface area contributed by atoms with Crippen molar-refractivity contribution in [2.24, 2.45) is 0 Å². The average Bonchev–Trinajstić information content (AvgIpc) is 3.16. The van der Waals surface area contributed by atoms with Gasteiger partial charge in [-0.2, -0.15) is 0 Å². The Bertz CT molecular complexity index is 973. The van der Waals surface area contributed by atoms with Gasteiger partial charge in [-0.05, 0) is 35.8 Å². The molecule has 0 atom stereocenters. The van der Waals surface area contributed by atoms with Gasteiger partial charge in [0, 0.05) is 11.1 Å². The van der Waals surface area contributed by atoms with Gasteiger partial charge in [0.2, 0.25) is 0 Å². The van der Waals surface area contributed by atoms with Crippen molar-refractivity contribution in [3.05, 3.63) is 58.7 Å². The molecule has 0 saturated carbocycles. The fourth-order valence-corrected chi connectivity index (χ4v) is 4.60. The van der Waals surface area contributed by atoms with Crippen LogP contribution in [0.4, 0.5) is 11.4 Å². The summed E-state index contributed by atoms with van der Waals surface area (Å²) in [4.78, 5) is 14.5. The quantitative estimate of drug-likeness (QED) is 0.642. The number of amidine groups is 1. The van der Waals surface area contributed by atoms with Crippen LogP contribution in [0.2, 0.25) is 0 Å². The molecular formula is C26H34N2O2. The van der Waals surface area contributed by atoms with E-state index >= 15 is 0 Å². The molecule has 0 N–H and O–H groups in total. The number of rotatable bonds is 7. The van der Waals surface area contributed by atoms with Crippen molar-refractivity contribution in [2.75, 3.05) is 18.0 Å². The summed E-state index contributed by atoms with van der Waals surface area (Å²) in [6.45, 7) is 14.2. The molecule has 0 unspecified atom stereocenters. The molecule has 1 aliphatic heterocycles. The van der Waals surface area contributed by atoms with E-state index in [0.29, 0.717) is 24.9 Å². The van der Waals surface area contributed by atoms with Crippen LogP contribution in [0.3, 0.4) is 0 Å². The number of carbonyl (C=O) groups excluding carboxylic acids is 1. The zero-order valence-corrected chi connectivity index (χ0v) is 19.2. The first-order valence-electron chi connectivity index (χ1n) is 11.2. The number of nitrogens with zero attached hydrogens (tertiary/aromatic N) is 2. The molecule has 2 aromatic carbocycles. The summed E-state index contributed by atoms with van der Waals surface area (Å²) in [6.07, 6.45) is 1.71. The van der Waals surface area contributed by atoms with Crippen LogP contribution in [0.1, 0.15) is 75.6 Å². The Kier molecular flexibility index (Phi) is 6.64. The standard InChI is InChI=1S/C26H34N2O2/c1-7-19-11-9-13-21(17(3)4)23(19)27-15-16-28(25(27)26(29)30)24-20(8-2)12-10-14-22(24)18(5)6/h9-14,17-18H,7-8,15-16H2,1-6H3. The Labute approximate surface area is 180 Å². The van der Waals surface area contributed by atoms with Crippen molar-refractivity contribution >= 4 is 23.2 Å². The lowest BCUT2D eigenvalue weighted by Crippen LogP contribution is -2.45. The predicted octanol–water partition coefficient (Wildman–Crippen LogP) is 4.37. The topological polar surface area (TPSA) is 46.4 Å². The number of aryl methyl sites for hydroxylation is 2. The number of hydrogen-bond donors (Lipinski definition) is 0. The monoisotopic (exact) mass is 406 g/mol. The van der Waals surface area contributed by atoms with E-state index in [1.807, 2.05) is 9.48 Å². The lowest BCUT2D eigenvalue weighted by Gasteiger charge is -2.22. The van der Waals surface area contributed by atoms with Crippen LogP contribution in [0, 0.1) is 0 Å².